The van der Waals surface area contributed by atoms with Gasteiger partial charge in [0.15, 0.2) is 0 Å². The van der Waals surface area contributed by atoms with Gasteiger partial charge in [0.2, 0.25) is 0 Å². The van der Waals surface area contributed by atoms with Crippen molar-refractivity contribution in [2.75, 3.05) is 0 Å². The summed E-state index contributed by atoms with van der Waals surface area (Å²) < 4.78 is 12.1. The normalized spacial score (nSPS) is 21.7. The van der Waals surface area contributed by atoms with Gasteiger partial charge in [-0.3, -0.25) is 0 Å². The Hall–Kier alpha value is -1.26. The van der Waals surface area contributed by atoms with Crippen molar-refractivity contribution < 1.29 is 10.7 Å². The van der Waals surface area contributed by atoms with E-state index in [1.54, 1.807) is 0 Å². The summed E-state index contributed by atoms with van der Waals surface area (Å²) in [4.78, 5) is 3.19. The minimum Gasteiger partial charge on any atom is -0.399 e. The molecule has 1 fully saturated rings. The van der Waals surface area contributed by atoms with Gasteiger partial charge in [0, 0.05) is 13.1 Å². The fourth-order valence-electron chi connectivity index (χ4n) is 2.20. The molecule has 0 unspecified atom stereocenters. The van der Waals surface area contributed by atoms with Crippen molar-refractivity contribution in [2.45, 2.75) is 38.9 Å². The van der Waals surface area contributed by atoms with Gasteiger partial charge in [-0.2, -0.15) is 0 Å². The van der Waals surface area contributed by atoms with Gasteiger partial charge in [-0.05, 0) is 50.7 Å². The first-order chi connectivity index (χ1) is 8.39. The van der Waals surface area contributed by atoms with Crippen molar-refractivity contribution in [3.63, 3.8) is 0 Å². The van der Waals surface area contributed by atoms with Crippen LogP contribution in [0.25, 0.3) is 10.9 Å². The lowest BCUT2D eigenvalue weighted by Gasteiger charge is -2.32. The number of hydrogen-bond donors (Lipinski definition) is 1. The van der Waals surface area contributed by atoms with Crippen molar-refractivity contribution in [3.05, 3.63) is 30.5 Å². The molecule has 4 heteroatoms. The van der Waals surface area contributed by atoms with E-state index >= 15 is 0 Å². The molecule has 2 aromatic rings. The van der Waals surface area contributed by atoms with Crippen LogP contribution in [0.4, 0.5) is 0 Å². The second kappa shape index (κ2) is 3.62. The molecule has 1 N–H and O–H groups in total. The summed E-state index contributed by atoms with van der Waals surface area (Å²) in [6.45, 7) is 8.29. The molecule has 1 aliphatic heterocycles. The van der Waals surface area contributed by atoms with E-state index in [1.165, 1.54) is 5.39 Å². The van der Waals surface area contributed by atoms with Crippen molar-refractivity contribution in [3.8, 4) is 0 Å². The number of hydrogen-bond acceptors (Lipinski definition) is 2. The van der Waals surface area contributed by atoms with Crippen LogP contribution in [0.1, 0.15) is 29.1 Å². The highest BCUT2D eigenvalue weighted by molar-refractivity contribution is 6.62. The quantitative estimate of drug-likeness (QED) is 0.784. The Morgan fingerprint density at radius 3 is 2.39 bits per heavy atom. The number of H-pyrrole nitrogens is 1. The third kappa shape index (κ3) is 1.68. The molecule has 1 aromatic carbocycles. The molecule has 3 rings (SSSR count). The predicted octanol–water partition coefficient (Wildman–Crippen LogP) is 2.71. The largest absolute Gasteiger partial charge is 0.494 e. The molecular weight excluding hydrogens is 225 g/mol. The van der Waals surface area contributed by atoms with E-state index in [0.29, 0.717) is 0 Å². The summed E-state index contributed by atoms with van der Waals surface area (Å²) in [7, 11) is -0.283. The lowest BCUT2D eigenvalue weighted by atomic mass is 9.79. The Balaban J connectivity index is 0.00000133. The highest BCUT2D eigenvalue weighted by Crippen LogP contribution is 2.36. The Labute approximate surface area is 109 Å². The van der Waals surface area contributed by atoms with Crippen molar-refractivity contribution in [2.24, 2.45) is 0 Å². The molecule has 0 saturated carbocycles. The number of fused-ring (bicyclic) bond motifs is 1. The number of aromatic nitrogens is 1. The van der Waals surface area contributed by atoms with Crippen LogP contribution >= 0.6 is 0 Å². The second-order valence-electron chi connectivity index (χ2n) is 5.91. The molecule has 1 saturated heterocycles. The van der Waals surface area contributed by atoms with Gasteiger partial charge in [0.05, 0.1) is 11.2 Å². The second-order valence-corrected chi connectivity index (χ2v) is 5.91. The van der Waals surface area contributed by atoms with Gasteiger partial charge in [0.25, 0.3) is 0 Å². The highest BCUT2D eigenvalue weighted by Gasteiger charge is 2.51. The summed E-state index contributed by atoms with van der Waals surface area (Å²) in [5.74, 6) is 0. The maximum Gasteiger partial charge on any atom is 0.494 e. The van der Waals surface area contributed by atoms with E-state index in [4.69, 9.17) is 9.31 Å². The fourth-order valence-corrected chi connectivity index (χ4v) is 2.20. The smallest absolute Gasteiger partial charge is 0.399 e. The van der Waals surface area contributed by atoms with Crippen LogP contribution in [0.3, 0.4) is 0 Å². The fraction of sp³-hybridized carbons (Fsp3) is 0.429. The summed E-state index contributed by atoms with van der Waals surface area (Å²) in [6, 6.07) is 8.30. The Morgan fingerprint density at radius 2 is 1.72 bits per heavy atom. The summed E-state index contributed by atoms with van der Waals surface area (Å²) in [5.41, 5.74) is 1.63. The van der Waals surface area contributed by atoms with Gasteiger partial charge in [-0.15, -0.1) is 0 Å². The lowest BCUT2D eigenvalue weighted by Crippen LogP contribution is -2.41. The molecule has 1 aromatic heterocycles. The van der Waals surface area contributed by atoms with Gasteiger partial charge >= 0.3 is 7.12 Å². The SMILES string of the molecule is CC1(C)OB(c2ccc3[nH]ccc3c2)OC1(C)C.[HH]. The zero-order valence-corrected chi connectivity index (χ0v) is 11.3. The average molecular weight is 245 g/mol. The van der Waals surface area contributed by atoms with Crippen LogP contribution in [0.15, 0.2) is 30.5 Å². The Bertz CT molecular complexity index is 578. The van der Waals surface area contributed by atoms with Crippen LogP contribution in [-0.2, 0) is 9.31 Å². The third-order valence-corrected chi connectivity index (χ3v) is 4.10. The minimum atomic E-state index is -0.287. The third-order valence-electron chi connectivity index (χ3n) is 4.10. The van der Waals surface area contributed by atoms with E-state index in [2.05, 4.69) is 56.9 Å². The minimum absolute atomic E-state index is 0. The predicted molar refractivity (Wildman–Crippen MR) is 76.1 cm³/mol. The maximum atomic E-state index is 6.04. The van der Waals surface area contributed by atoms with E-state index in [0.717, 1.165) is 11.0 Å². The molecule has 0 spiro atoms. The summed E-state index contributed by atoms with van der Waals surface area (Å²) in [6.07, 6.45) is 1.94. The van der Waals surface area contributed by atoms with Gasteiger partial charge in [-0.25, -0.2) is 0 Å². The van der Waals surface area contributed by atoms with Gasteiger partial charge in [0.1, 0.15) is 0 Å². The molecule has 3 nitrogen and oxygen atoms in total. The average Bonchev–Trinajstić information content (AvgIpc) is 2.80. The van der Waals surface area contributed by atoms with Crippen LogP contribution in [0.5, 0.6) is 0 Å². The van der Waals surface area contributed by atoms with Crippen molar-refractivity contribution in [1.82, 2.24) is 4.98 Å². The number of nitrogens with one attached hydrogen (secondary N) is 1. The Morgan fingerprint density at radius 1 is 1.06 bits per heavy atom. The molecule has 96 valence electrons. The number of aromatic amines is 1. The standard InChI is InChI=1S/C14H18BNO2.H2/c1-13(2)14(3,4)18-15(17-13)11-5-6-12-10(9-11)7-8-16-12;/h5-9,16H,1-4H3;1H. The first-order valence-corrected chi connectivity index (χ1v) is 6.32. The maximum absolute atomic E-state index is 6.04. The topological polar surface area (TPSA) is 34.2 Å². The summed E-state index contributed by atoms with van der Waals surface area (Å²) in [5, 5.41) is 1.18. The van der Waals surface area contributed by atoms with Crippen molar-refractivity contribution in [1.29, 1.82) is 0 Å². The molecule has 2 heterocycles. The van der Waals surface area contributed by atoms with E-state index in [-0.39, 0.29) is 19.7 Å². The molecule has 18 heavy (non-hydrogen) atoms. The monoisotopic (exact) mass is 245 g/mol. The zero-order valence-electron chi connectivity index (χ0n) is 11.3. The molecule has 0 bridgehead atoms. The molecule has 0 amide bonds. The summed E-state index contributed by atoms with van der Waals surface area (Å²) >= 11 is 0. The molecule has 0 radical (unpaired) electrons. The van der Waals surface area contributed by atoms with E-state index in [1.807, 2.05) is 6.20 Å². The van der Waals surface area contributed by atoms with Gasteiger partial charge in [-0.1, -0.05) is 12.1 Å². The number of rotatable bonds is 1. The van der Waals surface area contributed by atoms with Crippen molar-refractivity contribution >= 4 is 23.5 Å². The molecule has 1 aliphatic rings. The molecule has 0 atom stereocenters. The first-order valence-electron chi connectivity index (χ1n) is 6.32. The van der Waals surface area contributed by atoms with E-state index in [9.17, 15) is 0 Å². The molecular formula is C14H20BNO2. The van der Waals surface area contributed by atoms with E-state index < -0.39 is 0 Å². The van der Waals surface area contributed by atoms with Crippen LogP contribution in [0, 0.1) is 0 Å². The highest BCUT2D eigenvalue weighted by atomic mass is 16.7. The lowest BCUT2D eigenvalue weighted by molar-refractivity contribution is 0.00578. The molecule has 0 aliphatic carbocycles. The Kier molecular flexibility index (Phi) is 2.38. The van der Waals surface area contributed by atoms with Gasteiger partial charge < -0.3 is 14.3 Å². The van der Waals surface area contributed by atoms with Crippen LogP contribution < -0.4 is 5.46 Å². The zero-order chi connectivity index (χ0) is 13.0. The number of benzene rings is 1. The van der Waals surface area contributed by atoms with Crippen LogP contribution in [0.2, 0.25) is 0 Å². The van der Waals surface area contributed by atoms with Crippen LogP contribution in [-0.4, -0.2) is 23.3 Å². The first kappa shape index (κ1) is 11.8.